The van der Waals surface area contributed by atoms with Crippen LogP contribution in [-0.2, 0) is 4.74 Å². The van der Waals surface area contributed by atoms with Crippen LogP contribution in [0.2, 0.25) is 0 Å². The molecule has 3 nitrogen and oxygen atoms in total. The Morgan fingerprint density at radius 3 is 2.72 bits per heavy atom. The normalized spacial score (nSPS) is 34.7. The minimum Gasteiger partial charge on any atom is -0.393 e. The van der Waals surface area contributed by atoms with Crippen molar-refractivity contribution in [2.45, 2.75) is 83.1 Å². The molecule has 3 heteroatoms. The van der Waals surface area contributed by atoms with Gasteiger partial charge in [-0.2, -0.15) is 0 Å². The molecule has 0 saturated carbocycles. The minimum absolute atomic E-state index is 0.0697. The summed E-state index contributed by atoms with van der Waals surface area (Å²) in [6.45, 7) is 8.52. The Hall–Kier alpha value is -0.120. The molecule has 2 saturated heterocycles. The molecule has 0 aliphatic carbocycles. The summed E-state index contributed by atoms with van der Waals surface area (Å²) in [4.78, 5) is 2.56. The van der Waals surface area contributed by atoms with E-state index in [0.29, 0.717) is 12.1 Å². The first-order valence-corrected chi connectivity index (χ1v) is 7.56. The number of hydrogen-bond donors (Lipinski definition) is 1. The van der Waals surface area contributed by atoms with Gasteiger partial charge in [0, 0.05) is 12.6 Å². The Morgan fingerprint density at radius 2 is 2.11 bits per heavy atom. The monoisotopic (exact) mass is 255 g/mol. The van der Waals surface area contributed by atoms with Gasteiger partial charge in [-0.25, -0.2) is 0 Å². The summed E-state index contributed by atoms with van der Waals surface area (Å²) >= 11 is 0. The van der Waals surface area contributed by atoms with Crippen molar-refractivity contribution < 1.29 is 9.84 Å². The number of rotatable bonds is 4. The van der Waals surface area contributed by atoms with Crippen LogP contribution >= 0.6 is 0 Å². The zero-order valence-electron chi connectivity index (χ0n) is 12.2. The molecule has 0 aromatic heterocycles. The van der Waals surface area contributed by atoms with Crippen molar-refractivity contribution in [1.29, 1.82) is 0 Å². The fraction of sp³-hybridized carbons (Fsp3) is 1.00. The highest BCUT2D eigenvalue weighted by atomic mass is 16.5. The summed E-state index contributed by atoms with van der Waals surface area (Å²) in [5, 5.41) is 9.61. The molecule has 0 aromatic rings. The predicted molar refractivity (Wildman–Crippen MR) is 73.7 cm³/mol. The van der Waals surface area contributed by atoms with E-state index >= 15 is 0 Å². The molecule has 0 aromatic carbocycles. The van der Waals surface area contributed by atoms with Gasteiger partial charge in [-0.15, -0.1) is 0 Å². The van der Waals surface area contributed by atoms with Gasteiger partial charge in [0.05, 0.1) is 17.8 Å². The van der Waals surface area contributed by atoms with Crippen molar-refractivity contribution in [2.24, 2.45) is 0 Å². The van der Waals surface area contributed by atoms with Gasteiger partial charge in [-0.1, -0.05) is 6.42 Å². The average molecular weight is 255 g/mol. The Balaban J connectivity index is 1.86. The number of aliphatic hydroxyl groups excluding tert-OH is 1. The van der Waals surface area contributed by atoms with Crippen LogP contribution < -0.4 is 0 Å². The second-order valence-electron chi connectivity index (χ2n) is 6.77. The topological polar surface area (TPSA) is 32.7 Å². The number of aliphatic hydroxyl groups is 1. The number of ether oxygens (including phenoxy) is 1. The van der Waals surface area contributed by atoms with Gasteiger partial charge in [-0.3, -0.25) is 4.90 Å². The third-order valence-corrected chi connectivity index (χ3v) is 4.35. The maximum atomic E-state index is 9.61. The second-order valence-corrected chi connectivity index (χ2v) is 6.77. The largest absolute Gasteiger partial charge is 0.393 e. The van der Waals surface area contributed by atoms with Crippen LogP contribution in [0.4, 0.5) is 0 Å². The summed E-state index contributed by atoms with van der Waals surface area (Å²) in [6.07, 6.45) is 7.33. The van der Waals surface area contributed by atoms with Crippen molar-refractivity contribution >= 4 is 0 Å². The molecule has 0 radical (unpaired) electrons. The van der Waals surface area contributed by atoms with Crippen molar-refractivity contribution in [3.05, 3.63) is 0 Å². The van der Waals surface area contributed by atoms with E-state index in [4.69, 9.17) is 4.74 Å². The van der Waals surface area contributed by atoms with Gasteiger partial charge in [0.2, 0.25) is 0 Å². The summed E-state index contributed by atoms with van der Waals surface area (Å²) in [7, 11) is 0. The number of hydrogen-bond acceptors (Lipinski definition) is 3. The summed E-state index contributed by atoms with van der Waals surface area (Å²) in [5.41, 5.74) is 0.0697. The number of likely N-dealkylation sites (tertiary alicyclic amines) is 1. The zero-order chi connectivity index (χ0) is 13.2. The zero-order valence-corrected chi connectivity index (χ0v) is 12.2. The van der Waals surface area contributed by atoms with Crippen molar-refractivity contribution in [3.8, 4) is 0 Å². The van der Waals surface area contributed by atoms with Crippen LogP contribution in [0.25, 0.3) is 0 Å². The van der Waals surface area contributed by atoms with Crippen LogP contribution in [0.3, 0.4) is 0 Å². The highest BCUT2D eigenvalue weighted by Crippen LogP contribution is 2.31. The molecule has 2 rings (SSSR count). The first-order valence-electron chi connectivity index (χ1n) is 7.56. The highest BCUT2D eigenvalue weighted by Gasteiger charge is 2.34. The maximum Gasteiger partial charge on any atom is 0.0710 e. The van der Waals surface area contributed by atoms with E-state index < -0.39 is 0 Å². The third kappa shape index (κ3) is 3.94. The number of nitrogens with zero attached hydrogens (tertiary/aromatic N) is 1. The van der Waals surface area contributed by atoms with Crippen LogP contribution in [0, 0.1) is 0 Å². The minimum atomic E-state index is -0.184. The van der Waals surface area contributed by atoms with Gasteiger partial charge < -0.3 is 9.84 Å². The van der Waals surface area contributed by atoms with E-state index in [9.17, 15) is 5.11 Å². The molecule has 18 heavy (non-hydrogen) atoms. The Labute approximate surface area is 112 Å². The molecular formula is C15H29NO2. The van der Waals surface area contributed by atoms with Crippen LogP contribution in [0.1, 0.15) is 59.3 Å². The van der Waals surface area contributed by atoms with Crippen LogP contribution in [0.5, 0.6) is 0 Å². The van der Waals surface area contributed by atoms with Gasteiger partial charge in [0.25, 0.3) is 0 Å². The fourth-order valence-electron chi connectivity index (χ4n) is 3.43. The molecule has 2 heterocycles. The van der Waals surface area contributed by atoms with Crippen molar-refractivity contribution in [2.75, 3.05) is 13.1 Å². The fourth-order valence-corrected chi connectivity index (χ4v) is 3.43. The predicted octanol–water partition coefficient (Wildman–Crippen LogP) is 2.57. The van der Waals surface area contributed by atoms with Gasteiger partial charge in [-0.05, 0) is 59.4 Å². The Kier molecular flexibility index (Phi) is 4.68. The molecule has 3 atom stereocenters. The molecule has 2 aliphatic rings. The van der Waals surface area contributed by atoms with Gasteiger partial charge >= 0.3 is 0 Å². The van der Waals surface area contributed by atoms with E-state index in [-0.39, 0.29) is 11.7 Å². The molecule has 2 aliphatic heterocycles. The average Bonchev–Trinajstić information content (AvgIpc) is 2.60. The quantitative estimate of drug-likeness (QED) is 0.838. The lowest BCUT2D eigenvalue weighted by Gasteiger charge is -2.38. The van der Waals surface area contributed by atoms with E-state index in [1.807, 2.05) is 6.92 Å². The lowest BCUT2D eigenvalue weighted by molar-refractivity contribution is -0.0404. The number of piperidine rings is 1. The van der Waals surface area contributed by atoms with E-state index in [1.165, 1.54) is 38.6 Å². The van der Waals surface area contributed by atoms with Crippen LogP contribution in [-0.4, -0.2) is 46.9 Å². The highest BCUT2D eigenvalue weighted by molar-refractivity contribution is 4.86. The van der Waals surface area contributed by atoms with E-state index in [1.54, 1.807) is 0 Å². The van der Waals surface area contributed by atoms with Gasteiger partial charge in [0.1, 0.15) is 0 Å². The molecule has 0 spiro atoms. The summed E-state index contributed by atoms with van der Waals surface area (Å²) in [6, 6.07) is 0.561. The standard InChI is InChI=1S/C15H29NO2/c1-12(17)10-13-6-4-5-9-16(13)11-14-7-8-15(2,3)18-14/h12-14,17H,4-11H2,1-3H3. The second kappa shape index (κ2) is 5.89. The molecule has 106 valence electrons. The molecule has 1 N–H and O–H groups in total. The molecular weight excluding hydrogens is 226 g/mol. The summed E-state index contributed by atoms with van der Waals surface area (Å²) < 4.78 is 6.10. The maximum absolute atomic E-state index is 9.61. The van der Waals surface area contributed by atoms with Crippen molar-refractivity contribution in [1.82, 2.24) is 4.90 Å². The van der Waals surface area contributed by atoms with Crippen molar-refractivity contribution in [3.63, 3.8) is 0 Å². The smallest absolute Gasteiger partial charge is 0.0710 e. The Morgan fingerprint density at radius 1 is 1.33 bits per heavy atom. The van der Waals surface area contributed by atoms with Gasteiger partial charge in [0.15, 0.2) is 0 Å². The molecule has 0 amide bonds. The Bertz CT molecular complexity index is 265. The third-order valence-electron chi connectivity index (χ3n) is 4.35. The van der Waals surface area contributed by atoms with Crippen LogP contribution in [0.15, 0.2) is 0 Å². The molecule has 2 fully saturated rings. The lowest BCUT2D eigenvalue weighted by atomic mass is 9.96. The SMILES string of the molecule is CC(O)CC1CCCCN1CC1CCC(C)(C)O1. The molecule has 0 bridgehead atoms. The lowest BCUT2D eigenvalue weighted by Crippen LogP contribution is -2.45. The van der Waals surface area contributed by atoms with E-state index in [2.05, 4.69) is 18.7 Å². The van der Waals surface area contributed by atoms with E-state index in [0.717, 1.165) is 13.0 Å². The molecule has 3 unspecified atom stereocenters. The first-order chi connectivity index (χ1) is 8.46. The first kappa shape index (κ1) is 14.3. The summed E-state index contributed by atoms with van der Waals surface area (Å²) in [5.74, 6) is 0.